The Hall–Kier alpha value is -3.88. The maximum absolute atomic E-state index is 12.5. The topological polar surface area (TPSA) is 110 Å². The van der Waals surface area contributed by atoms with Gasteiger partial charge in [-0.1, -0.05) is 6.92 Å². The molecule has 178 valence electrons. The predicted molar refractivity (Wildman–Crippen MR) is 131 cm³/mol. The van der Waals surface area contributed by atoms with Gasteiger partial charge in [-0.05, 0) is 56.9 Å². The Morgan fingerprint density at radius 2 is 2.12 bits per heavy atom. The lowest BCUT2D eigenvalue weighted by Crippen LogP contribution is -2.48. The van der Waals surface area contributed by atoms with Gasteiger partial charge in [-0.2, -0.15) is 5.10 Å². The molecule has 1 unspecified atom stereocenters. The molecule has 9 heteroatoms. The van der Waals surface area contributed by atoms with Gasteiger partial charge < -0.3 is 14.1 Å². The number of anilines is 1. The van der Waals surface area contributed by atoms with E-state index in [1.165, 1.54) is 29.8 Å². The van der Waals surface area contributed by atoms with Gasteiger partial charge in [-0.25, -0.2) is 5.43 Å². The number of hydrogen-bond donors (Lipinski definition) is 1. The number of nitrogens with one attached hydrogen (secondary N) is 1. The molecule has 2 heterocycles. The van der Waals surface area contributed by atoms with Gasteiger partial charge in [0, 0.05) is 46.9 Å². The molecule has 1 atom stereocenters. The summed E-state index contributed by atoms with van der Waals surface area (Å²) >= 11 is 0. The van der Waals surface area contributed by atoms with E-state index in [0.717, 1.165) is 24.2 Å². The lowest BCUT2D eigenvalue weighted by molar-refractivity contribution is -0.384. The molecule has 0 saturated heterocycles. The highest BCUT2D eigenvalue weighted by Crippen LogP contribution is 2.45. The number of benzene rings is 2. The van der Waals surface area contributed by atoms with Gasteiger partial charge in [-0.15, -0.1) is 0 Å². The Labute approximate surface area is 197 Å². The molecule has 34 heavy (non-hydrogen) atoms. The highest BCUT2D eigenvalue weighted by Gasteiger charge is 2.36. The fraction of sp³-hybridized carbons (Fsp3) is 0.360. The zero-order valence-electron chi connectivity index (χ0n) is 19.9. The van der Waals surface area contributed by atoms with Crippen LogP contribution in [-0.2, 0) is 0 Å². The van der Waals surface area contributed by atoms with Crippen molar-refractivity contribution in [2.45, 2.75) is 45.6 Å². The van der Waals surface area contributed by atoms with Crippen molar-refractivity contribution in [2.75, 3.05) is 18.6 Å². The van der Waals surface area contributed by atoms with Crippen LogP contribution >= 0.6 is 0 Å². The quantitative estimate of drug-likeness (QED) is 0.304. The van der Waals surface area contributed by atoms with Crippen molar-refractivity contribution < 1.29 is 18.9 Å². The van der Waals surface area contributed by atoms with Crippen LogP contribution in [0.4, 0.5) is 11.4 Å². The van der Waals surface area contributed by atoms with Gasteiger partial charge in [0.2, 0.25) is 0 Å². The highest BCUT2D eigenvalue weighted by atomic mass is 16.6. The fourth-order valence-electron chi connectivity index (χ4n) is 4.88. The Kier molecular flexibility index (Phi) is 6.03. The number of hydrazone groups is 1. The Morgan fingerprint density at radius 3 is 2.79 bits per heavy atom. The van der Waals surface area contributed by atoms with Gasteiger partial charge >= 0.3 is 5.91 Å². The SMILES string of the molecule is CCN1c2cc(OC)c(/C=N\NC(=O)c3cc4cc([N+](=O)[O-])ccc4o3)cc2C(C)CC1(C)C. The summed E-state index contributed by atoms with van der Waals surface area (Å²) in [6.45, 7) is 9.76. The number of hydrogen-bond acceptors (Lipinski definition) is 7. The van der Waals surface area contributed by atoms with Crippen molar-refractivity contribution in [3.05, 3.63) is 63.4 Å². The third-order valence-corrected chi connectivity index (χ3v) is 6.36. The van der Waals surface area contributed by atoms with E-state index in [1.54, 1.807) is 13.3 Å². The molecule has 1 amide bonds. The third kappa shape index (κ3) is 4.21. The second-order valence-electron chi connectivity index (χ2n) is 9.10. The number of carbonyl (C=O) groups is 1. The van der Waals surface area contributed by atoms with Crippen LogP contribution in [0.1, 0.15) is 61.7 Å². The standard InChI is InChI=1S/C25H28N4O5/c1-6-28-20-12-22(33-5)17(10-19(20)15(2)13-25(28,3)4)14-26-27-24(30)23-11-16-9-18(29(31)32)7-8-21(16)34-23/h7-12,14-15H,6,13H2,1-5H3,(H,27,30)/b26-14-. The Balaban J connectivity index is 1.57. The van der Waals surface area contributed by atoms with Crippen molar-refractivity contribution in [2.24, 2.45) is 5.10 Å². The van der Waals surface area contributed by atoms with E-state index in [0.29, 0.717) is 22.6 Å². The number of non-ortho nitro benzene ring substituents is 1. The predicted octanol–water partition coefficient (Wildman–Crippen LogP) is 5.23. The number of fused-ring (bicyclic) bond motifs is 2. The molecule has 9 nitrogen and oxygen atoms in total. The number of nitro benzene ring substituents is 1. The Bertz CT molecular complexity index is 1290. The first kappa shape index (κ1) is 23.3. The minimum absolute atomic E-state index is 0.0134. The first-order chi connectivity index (χ1) is 16.1. The summed E-state index contributed by atoms with van der Waals surface area (Å²) < 4.78 is 11.1. The van der Waals surface area contributed by atoms with Crippen molar-refractivity contribution in [1.82, 2.24) is 5.43 Å². The van der Waals surface area contributed by atoms with E-state index in [1.807, 2.05) is 6.07 Å². The number of ether oxygens (including phenoxy) is 1. The molecule has 1 aliphatic rings. The van der Waals surface area contributed by atoms with Crippen LogP contribution in [0.15, 0.2) is 45.9 Å². The minimum Gasteiger partial charge on any atom is -0.496 e. The van der Waals surface area contributed by atoms with Gasteiger partial charge in [-0.3, -0.25) is 14.9 Å². The van der Waals surface area contributed by atoms with Crippen molar-refractivity contribution in [1.29, 1.82) is 0 Å². The maximum Gasteiger partial charge on any atom is 0.307 e. The molecule has 0 spiro atoms. The second kappa shape index (κ2) is 8.81. The van der Waals surface area contributed by atoms with Gasteiger partial charge in [0.25, 0.3) is 5.69 Å². The summed E-state index contributed by atoms with van der Waals surface area (Å²) in [6.07, 6.45) is 2.57. The molecule has 4 rings (SSSR count). The van der Waals surface area contributed by atoms with E-state index >= 15 is 0 Å². The fourth-order valence-corrected chi connectivity index (χ4v) is 4.88. The number of nitrogens with zero attached hydrogens (tertiary/aromatic N) is 3. The van der Waals surface area contributed by atoms with Crippen LogP contribution in [0.5, 0.6) is 5.75 Å². The summed E-state index contributed by atoms with van der Waals surface area (Å²) in [4.78, 5) is 25.4. The Morgan fingerprint density at radius 1 is 1.35 bits per heavy atom. The van der Waals surface area contributed by atoms with Crippen LogP contribution in [0.25, 0.3) is 11.0 Å². The monoisotopic (exact) mass is 464 g/mol. The molecule has 0 bridgehead atoms. The second-order valence-corrected chi connectivity index (χ2v) is 9.10. The largest absolute Gasteiger partial charge is 0.496 e. The zero-order chi connectivity index (χ0) is 24.6. The summed E-state index contributed by atoms with van der Waals surface area (Å²) in [5.74, 6) is 0.481. The first-order valence-electron chi connectivity index (χ1n) is 11.2. The average Bonchev–Trinajstić information content (AvgIpc) is 3.22. The van der Waals surface area contributed by atoms with E-state index in [-0.39, 0.29) is 17.0 Å². The molecule has 2 aromatic carbocycles. The molecule has 1 aromatic heterocycles. The smallest absolute Gasteiger partial charge is 0.307 e. The molecular weight excluding hydrogens is 436 g/mol. The van der Waals surface area contributed by atoms with Gasteiger partial charge in [0.15, 0.2) is 5.76 Å². The number of nitro groups is 1. The van der Waals surface area contributed by atoms with Crippen LogP contribution in [0.3, 0.4) is 0 Å². The molecule has 0 saturated carbocycles. The molecule has 1 aliphatic heterocycles. The summed E-state index contributed by atoms with van der Waals surface area (Å²) in [6, 6.07) is 9.70. The minimum atomic E-state index is -0.556. The first-order valence-corrected chi connectivity index (χ1v) is 11.2. The molecular formula is C25H28N4O5. The number of carbonyl (C=O) groups excluding carboxylic acids is 1. The number of rotatable bonds is 6. The number of amides is 1. The molecule has 1 N–H and O–H groups in total. The molecule has 3 aromatic rings. The van der Waals surface area contributed by atoms with E-state index in [2.05, 4.69) is 49.2 Å². The summed E-state index contributed by atoms with van der Waals surface area (Å²) in [5, 5.41) is 15.5. The maximum atomic E-state index is 12.5. The van der Waals surface area contributed by atoms with Crippen molar-refractivity contribution >= 4 is 34.5 Å². The normalized spacial score (nSPS) is 17.1. The molecule has 0 aliphatic carbocycles. The van der Waals surface area contributed by atoms with E-state index in [4.69, 9.17) is 9.15 Å². The summed E-state index contributed by atoms with van der Waals surface area (Å²) in [5.41, 5.74) is 5.94. The zero-order valence-corrected chi connectivity index (χ0v) is 19.9. The molecule has 0 fully saturated rings. The van der Waals surface area contributed by atoms with Crippen LogP contribution in [0.2, 0.25) is 0 Å². The third-order valence-electron chi connectivity index (χ3n) is 6.36. The van der Waals surface area contributed by atoms with Crippen molar-refractivity contribution in [3.63, 3.8) is 0 Å². The highest BCUT2D eigenvalue weighted by molar-refractivity contribution is 5.97. The number of furan rings is 1. The van der Waals surface area contributed by atoms with Crippen LogP contribution < -0.4 is 15.1 Å². The van der Waals surface area contributed by atoms with Crippen LogP contribution in [0, 0.1) is 10.1 Å². The number of methoxy groups -OCH3 is 1. The molecule has 0 radical (unpaired) electrons. The van der Waals surface area contributed by atoms with Gasteiger partial charge in [0.05, 0.1) is 18.2 Å². The average molecular weight is 465 g/mol. The van der Waals surface area contributed by atoms with Gasteiger partial charge in [0.1, 0.15) is 11.3 Å². The lowest BCUT2D eigenvalue weighted by atomic mass is 9.79. The van der Waals surface area contributed by atoms with E-state index < -0.39 is 10.8 Å². The lowest BCUT2D eigenvalue weighted by Gasteiger charge is -2.47. The summed E-state index contributed by atoms with van der Waals surface area (Å²) in [7, 11) is 1.61. The van der Waals surface area contributed by atoms with Crippen LogP contribution in [-0.4, -0.2) is 36.2 Å². The van der Waals surface area contributed by atoms with E-state index in [9.17, 15) is 14.9 Å². The van der Waals surface area contributed by atoms with Crippen molar-refractivity contribution in [3.8, 4) is 5.75 Å².